The van der Waals surface area contributed by atoms with Gasteiger partial charge in [-0.05, 0) is 54.4 Å². The van der Waals surface area contributed by atoms with Gasteiger partial charge in [0.2, 0.25) is 5.91 Å². The van der Waals surface area contributed by atoms with Crippen LogP contribution in [0.15, 0.2) is 48.5 Å². The maximum atomic E-state index is 13.4. The number of likely N-dealkylation sites (tertiary alicyclic amines) is 1. The van der Waals surface area contributed by atoms with Crippen LogP contribution in [0.25, 0.3) is 11.1 Å². The van der Waals surface area contributed by atoms with E-state index >= 15 is 0 Å². The number of carboxylic acid groups (broad SMARTS) is 1. The van der Waals surface area contributed by atoms with Crippen molar-refractivity contribution >= 4 is 18.0 Å². The van der Waals surface area contributed by atoms with Crippen molar-refractivity contribution in [1.29, 1.82) is 0 Å². The molecule has 2 amide bonds. The molecular formula is C28H34N2O5. The molecule has 4 rings (SSSR count). The summed E-state index contributed by atoms with van der Waals surface area (Å²) in [4.78, 5) is 39.1. The number of carbonyl (C=O) groups excluding carboxylic acids is 2. The van der Waals surface area contributed by atoms with Crippen molar-refractivity contribution in [3.63, 3.8) is 0 Å². The van der Waals surface area contributed by atoms with Crippen LogP contribution in [0.5, 0.6) is 0 Å². The van der Waals surface area contributed by atoms with E-state index in [-0.39, 0.29) is 30.8 Å². The molecule has 0 radical (unpaired) electrons. The van der Waals surface area contributed by atoms with Gasteiger partial charge in [-0.2, -0.15) is 0 Å². The first-order valence-corrected chi connectivity index (χ1v) is 12.5. The lowest BCUT2D eigenvalue weighted by Gasteiger charge is -2.38. The fourth-order valence-corrected chi connectivity index (χ4v) is 5.52. The predicted octanol–water partition coefficient (Wildman–Crippen LogP) is 4.80. The summed E-state index contributed by atoms with van der Waals surface area (Å²) >= 11 is 0. The van der Waals surface area contributed by atoms with Gasteiger partial charge < -0.3 is 20.1 Å². The van der Waals surface area contributed by atoms with E-state index in [1.165, 1.54) is 0 Å². The summed E-state index contributed by atoms with van der Waals surface area (Å²) in [5.41, 5.74) is 3.52. The molecule has 35 heavy (non-hydrogen) atoms. The van der Waals surface area contributed by atoms with Crippen molar-refractivity contribution in [3.8, 4) is 11.1 Å². The number of hydrogen-bond acceptors (Lipinski definition) is 4. The molecule has 1 aliphatic carbocycles. The van der Waals surface area contributed by atoms with E-state index < -0.39 is 17.6 Å². The van der Waals surface area contributed by atoms with Gasteiger partial charge in [0.1, 0.15) is 12.1 Å². The molecular weight excluding hydrogens is 444 g/mol. The molecule has 1 atom stereocenters. The minimum absolute atomic E-state index is 0.0467. The number of fused-ring (bicyclic) bond motifs is 3. The summed E-state index contributed by atoms with van der Waals surface area (Å²) in [6.07, 6.45) is 2.06. The van der Waals surface area contributed by atoms with Gasteiger partial charge in [0.05, 0.1) is 0 Å². The Kier molecular flexibility index (Phi) is 7.43. The lowest BCUT2D eigenvalue weighted by molar-refractivity contribution is -0.140. The van der Waals surface area contributed by atoms with E-state index in [4.69, 9.17) is 9.84 Å². The molecule has 0 bridgehead atoms. The van der Waals surface area contributed by atoms with Crippen molar-refractivity contribution in [3.05, 3.63) is 59.7 Å². The Bertz CT molecular complexity index is 1050. The van der Waals surface area contributed by atoms with Gasteiger partial charge in [-0.25, -0.2) is 4.79 Å². The van der Waals surface area contributed by atoms with Crippen LogP contribution >= 0.6 is 0 Å². The Hall–Kier alpha value is -3.35. The number of aliphatic carboxylic acids is 1. The number of nitrogens with zero attached hydrogens (tertiary/aromatic N) is 1. The monoisotopic (exact) mass is 478 g/mol. The number of alkyl carbamates (subject to hydrolysis) is 1. The SMILES string of the molecule is CCCC(C)(NC(=O)OCC1c2ccccc2-c2ccccc21)C(=O)N1CCC(CC(=O)O)CC1. The summed E-state index contributed by atoms with van der Waals surface area (Å²) < 4.78 is 5.69. The highest BCUT2D eigenvalue weighted by Crippen LogP contribution is 2.44. The lowest BCUT2D eigenvalue weighted by Crippen LogP contribution is -2.59. The van der Waals surface area contributed by atoms with Crippen LogP contribution in [-0.4, -0.2) is 53.2 Å². The number of nitrogens with one attached hydrogen (secondary N) is 1. The minimum atomic E-state index is -1.07. The molecule has 1 unspecified atom stereocenters. The number of rotatable bonds is 8. The lowest BCUT2D eigenvalue weighted by atomic mass is 9.90. The predicted molar refractivity (Wildman–Crippen MR) is 133 cm³/mol. The number of benzene rings is 2. The summed E-state index contributed by atoms with van der Waals surface area (Å²) in [6.45, 7) is 4.93. The molecule has 1 heterocycles. The molecule has 0 aromatic heterocycles. The molecule has 1 aliphatic heterocycles. The zero-order chi connectivity index (χ0) is 25.0. The molecule has 2 aromatic rings. The normalized spacial score (nSPS) is 17.3. The van der Waals surface area contributed by atoms with Crippen molar-refractivity contribution in [2.45, 2.75) is 57.4 Å². The highest BCUT2D eigenvalue weighted by atomic mass is 16.5. The van der Waals surface area contributed by atoms with Crippen LogP contribution in [0.4, 0.5) is 4.79 Å². The molecule has 7 heteroatoms. The fourth-order valence-electron chi connectivity index (χ4n) is 5.52. The van der Waals surface area contributed by atoms with Gasteiger partial charge in [-0.3, -0.25) is 9.59 Å². The van der Waals surface area contributed by atoms with Gasteiger partial charge in [0.25, 0.3) is 0 Å². The highest BCUT2D eigenvalue weighted by molar-refractivity contribution is 5.89. The molecule has 7 nitrogen and oxygen atoms in total. The Morgan fingerprint density at radius 1 is 1.03 bits per heavy atom. The maximum Gasteiger partial charge on any atom is 0.408 e. The zero-order valence-corrected chi connectivity index (χ0v) is 20.5. The standard InChI is InChI=1S/C28H34N2O5/c1-3-14-28(2,26(33)30-15-12-19(13-16-30)17-25(31)32)29-27(34)35-18-24-22-10-6-4-8-20(22)21-9-5-7-11-23(21)24/h4-11,19,24H,3,12-18H2,1-2H3,(H,29,34)(H,31,32). The van der Waals surface area contributed by atoms with Crippen molar-refractivity contribution in [2.75, 3.05) is 19.7 Å². The first kappa shape index (κ1) is 24.8. The second kappa shape index (κ2) is 10.5. The summed E-state index contributed by atoms with van der Waals surface area (Å²) in [7, 11) is 0. The van der Waals surface area contributed by atoms with Gasteiger partial charge >= 0.3 is 12.1 Å². The first-order valence-electron chi connectivity index (χ1n) is 12.5. The Balaban J connectivity index is 1.39. The van der Waals surface area contributed by atoms with Gasteiger partial charge in [0.15, 0.2) is 0 Å². The smallest absolute Gasteiger partial charge is 0.408 e. The molecule has 0 saturated carbocycles. The van der Waals surface area contributed by atoms with Gasteiger partial charge in [-0.1, -0.05) is 61.9 Å². The average molecular weight is 479 g/mol. The van der Waals surface area contributed by atoms with Crippen LogP contribution in [0.1, 0.15) is 63.0 Å². The zero-order valence-electron chi connectivity index (χ0n) is 20.5. The number of hydrogen-bond donors (Lipinski definition) is 2. The number of ether oxygens (including phenoxy) is 1. The molecule has 2 aromatic carbocycles. The van der Waals surface area contributed by atoms with Crippen LogP contribution < -0.4 is 5.32 Å². The van der Waals surface area contributed by atoms with Crippen LogP contribution in [0.3, 0.4) is 0 Å². The van der Waals surface area contributed by atoms with E-state index in [0.29, 0.717) is 32.4 Å². The summed E-state index contributed by atoms with van der Waals surface area (Å²) in [5, 5.41) is 11.9. The highest BCUT2D eigenvalue weighted by Gasteiger charge is 2.39. The number of carbonyl (C=O) groups is 3. The Labute approximate surface area is 206 Å². The fraction of sp³-hybridized carbons (Fsp3) is 0.464. The van der Waals surface area contributed by atoms with Crippen molar-refractivity contribution < 1.29 is 24.2 Å². The number of amides is 2. The van der Waals surface area contributed by atoms with Crippen molar-refractivity contribution in [1.82, 2.24) is 10.2 Å². The summed E-state index contributed by atoms with van der Waals surface area (Å²) in [6, 6.07) is 16.3. The average Bonchev–Trinajstić information content (AvgIpc) is 3.16. The molecule has 2 N–H and O–H groups in total. The van der Waals surface area contributed by atoms with E-state index in [2.05, 4.69) is 29.6 Å². The van der Waals surface area contributed by atoms with E-state index in [1.807, 2.05) is 31.2 Å². The molecule has 1 fully saturated rings. The van der Waals surface area contributed by atoms with E-state index in [1.54, 1.807) is 11.8 Å². The van der Waals surface area contributed by atoms with Crippen molar-refractivity contribution in [2.24, 2.45) is 5.92 Å². The number of carboxylic acids is 1. The molecule has 186 valence electrons. The largest absolute Gasteiger partial charge is 0.481 e. The molecule has 2 aliphatic rings. The Morgan fingerprint density at radius 3 is 2.14 bits per heavy atom. The third kappa shape index (κ3) is 5.34. The second-order valence-corrected chi connectivity index (χ2v) is 9.87. The van der Waals surface area contributed by atoms with Crippen LogP contribution in [0.2, 0.25) is 0 Å². The van der Waals surface area contributed by atoms with Crippen LogP contribution in [-0.2, 0) is 14.3 Å². The number of piperidine rings is 1. The Morgan fingerprint density at radius 2 is 1.60 bits per heavy atom. The van der Waals surface area contributed by atoms with Gasteiger partial charge in [0, 0.05) is 25.4 Å². The minimum Gasteiger partial charge on any atom is -0.481 e. The van der Waals surface area contributed by atoms with E-state index in [9.17, 15) is 14.4 Å². The van der Waals surface area contributed by atoms with Gasteiger partial charge in [-0.15, -0.1) is 0 Å². The first-order chi connectivity index (χ1) is 16.8. The molecule has 1 saturated heterocycles. The second-order valence-electron chi connectivity index (χ2n) is 9.87. The third-order valence-corrected chi connectivity index (χ3v) is 7.31. The topological polar surface area (TPSA) is 95.9 Å². The third-order valence-electron chi connectivity index (χ3n) is 7.31. The van der Waals surface area contributed by atoms with E-state index in [0.717, 1.165) is 28.7 Å². The van der Waals surface area contributed by atoms with Crippen LogP contribution in [0, 0.1) is 5.92 Å². The summed E-state index contributed by atoms with van der Waals surface area (Å²) in [5.74, 6) is -0.900. The maximum absolute atomic E-state index is 13.4. The quantitative estimate of drug-likeness (QED) is 0.568. The molecule has 0 spiro atoms.